The van der Waals surface area contributed by atoms with Crippen molar-refractivity contribution in [1.82, 2.24) is 9.88 Å². The van der Waals surface area contributed by atoms with Crippen molar-refractivity contribution in [3.05, 3.63) is 71.5 Å². The van der Waals surface area contributed by atoms with Gasteiger partial charge in [-0.15, -0.1) is 0 Å². The molecule has 3 heterocycles. The van der Waals surface area contributed by atoms with E-state index in [0.29, 0.717) is 0 Å². The summed E-state index contributed by atoms with van der Waals surface area (Å²) < 4.78 is 19.1. The van der Waals surface area contributed by atoms with Crippen LogP contribution in [-0.4, -0.2) is 18.5 Å². The van der Waals surface area contributed by atoms with E-state index in [4.69, 9.17) is 14.2 Å². The van der Waals surface area contributed by atoms with E-state index in [-0.39, 0.29) is 12.8 Å². The van der Waals surface area contributed by atoms with Crippen LogP contribution in [0.4, 0.5) is 0 Å². The first-order valence-corrected chi connectivity index (χ1v) is 8.32. The number of hydrogen-bond donors (Lipinski definition) is 1. The molecule has 126 valence electrons. The van der Waals surface area contributed by atoms with E-state index in [1.807, 2.05) is 24.3 Å². The molecule has 0 fully saturated rings. The van der Waals surface area contributed by atoms with Crippen LogP contribution in [0, 0.1) is 0 Å². The predicted octanol–water partition coefficient (Wildman–Crippen LogP) is 3.41. The molecule has 2 aromatic carbocycles. The van der Waals surface area contributed by atoms with Gasteiger partial charge in [-0.3, -0.25) is 0 Å². The highest BCUT2D eigenvalue weighted by Gasteiger charge is 2.29. The highest BCUT2D eigenvalue weighted by Crippen LogP contribution is 2.43. The number of para-hydroxylation sites is 1. The van der Waals surface area contributed by atoms with Gasteiger partial charge in [0, 0.05) is 24.0 Å². The summed E-state index contributed by atoms with van der Waals surface area (Å²) in [5.41, 5.74) is 4.50. The number of nitrogens with one attached hydrogen (secondary N) is 1. The minimum absolute atomic E-state index is 0.0246. The van der Waals surface area contributed by atoms with E-state index >= 15 is 0 Å². The lowest BCUT2D eigenvalue weighted by Crippen LogP contribution is -2.21. The molecule has 0 bridgehead atoms. The average molecular weight is 334 g/mol. The molecule has 5 nitrogen and oxygen atoms in total. The predicted molar refractivity (Wildman–Crippen MR) is 93.6 cm³/mol. The number of hydrogen-bond acceptors (Lipinski definition) is 4. The smallest absolute Gasteiger partial charge is 0.231 e. The van der Waals surface area contributed by atoms with E-state index in [0.717, 1.165) is 40.7 Å². The Balaban J connectivity index is 1.71. The maximum absolute atomic E-state index is 5.77. The zero-order chi connectivity index (χ0) is 16.8. The first-order chi connectivity index (χ1) is 12.4. The topological polar surface area (TPSA) is 44.7 Å². The first-order valence-electron chi connectivity index (χ1n) is 8.32. The molecule has 1 aromatic heterocycles. The van der Waals surface area contributed by atoms with Gasteiger partial charge in [-0.05, 0) is 29.8 Å². The molecule has 1 atom stereocenters. The summed E-state index contributed by atoms with van der Waals surface area (Å²) in [6, 6.07) is 16.4. The molecule has 2 aliphatic heterocycles. The fourth-order valence-corrected chi connectivity index (χ4v) is 3.73. The minimum atomic E-state index is 0.0246. The van der Waals surface area contributed by atoms with Gasteiger partial charge in [0.2, 0.25) is 6.79 Å². The molecule has 0 spiro atoms. The fraction of sp³-hybridized carbons (Fsp3) is 0.200. The van der Waals surface area contributed by atoms with Crippen molar-refractivity contribution in [2.45, 2.75) is 12.6 Å². The summed E-state index contributed by atoms with van der Waals surface area (Å²) in [7, 11) is 1.71. The Morgan fingerprint density at radius 3 is 2.92 bits per heavy atom. The van der Waals surface area contributed by atoms with Crippen LogP contribution in [0.25, 0.3) is 5.69 Å². The lowest BCUT2D eigenvalue weighted by atomic mass is 10.0. The number of aromatic nitrogens is 1. The lowest BCUT2D eigenvalue weighted by molar-refractivity contribution is 0.173. The minimum Gasteiger partial charge on any atom is -0.496 e. The Kier molecular flexibility index (Phi) is 3.21. The third-order valence-corrected chi connectivity index (χ3v) is 4.86. The largest absolute Gasteiger partial charge is 0.496 e. The van der Waals surface area contributed by atoms with Gasteiger partial charge in [-0.1, -0.05) is 24.3 Å². The number of benzene rings is 2. The van der Waals surface area contributed by atoms with E-state index in [2.05, 4.69) is 40.3 Å². The summed E-state index contributed by atoms with van der Waals surface area (Å²) in [5, 5.41) is 3.67. The molecule has 25 heavy (non-hydrogen) atoms. The highest BCUT2D eigenvalue weighted by atomic mass is 16.7. The molecular formula is C20H18N2O3. The van der Waals surface area contributed by atoms with Gasteiger partial charge in [0.25, 0.3) is 0 Å². The third-order valence-electron chi connectivity index (χ3n) is 4.86. The van der Waals surface area contributed by atoms with E-state index < -0.39 is 0 Å². The Labute approximate surface area is 145 Å². The Morgan fingerprint density at radius 1 is 1.08 bits per heavy atom. The van der Waals surface area contributed by atoms with Crippen LogP contribution in [0.5, 0.6) is 17.2 Å². The van der Waals surface area contributed by atoms with Crippen molar-refractivity contribution in [2.24, 2.45) is 0 Å². The normalized spacial score (nSPS) is 17.6. The van der Waals surface area contributed by atoms with Crippen LogP contribution in [0.3, 0.4) is 0 Å². The third kappa shape index (κ3) is 2.13. The molecule has 1 unspecified atom stereocenters. The van der Waals surface area contributed by atoms with Gasteiger partial charge in [0.15, 0.2) is 11.5 Å². The number of fused-ring (bicyclic) bond motifs is 5. The van der Waals surface area contributed by atoms with Crippen molar-refractivity contribution in [1.29, 1.82) is 0 Å². The monoisotopic (exact) mass is 334 g/mol. The number of ether oxygens (including phenoxy) is 3. The van der Waals surface area contributed by atoms with Crippen LogP contribution >= 0.6 is 0 Å². The summed E-state index contributed by atoms with van der Waals surface area (Å²) in [4.78, 5) is 0. The van der Waals surface area contributed by atoms with Crippen molar-refractivity contribution in [2.75, 3.05) is 13.9 Å². The highest BCUT2D eigenvalue weighted by molar-refractivity contribution is 5.63. The van der Waals surface area contributed by atoms with Crippen molar-refractivity contribution >= 4 is 0 Å². The van der Waals surface area contributed by atoms with Crippen LogP contribution in [-0.2, 0) is 6.54 Å². The van der Waals surface area contributed by atoms with Crippen molar-refractivity contribution < 1.29 is 14.2 Å². The van der Waals surface area contributed by atoms with E-state index in [1.54, 1.807) is 7.11 Å². The second-order valence-corrected chi connectivity index (χ2v) is 6.17. The van der Waals surface area contributed by atoms with Gasteiger partial charge in [0.05, 0.1) is 18.8 Å². The molecule has 0 radical (unpaired) electrons. The number of rotatable bonds is 2. The van der Waals surface area contributed by atoms with Crippen LogP contribution in [0.2, 0.25) is 0 Å². The van der Waals surface area contributed by atoms with E-state index in [1.165, 1.54) is 5.56 Å². The van der Waals surface area contributed by atoms with Gasteiger partial charge >= 0.3 is 0 Å². The fourth-order valence-electron chi connectivity index (χ4n) is 3.73. The van der Waals surface area contributed by atoms with Crippen LogP contribution < -0.4 is 19.5 Å². The van der Waals surface area contributed by atoms with Crippen molar-refractivity contribution in [3.63, 3.8) is 0 Å². The lowest BCUT2D eigenvalue weighted by Gasteiger charge is -2.20. The van der Waals surface area contributed by atoms with Crippen molar-refractivity contribution in [3.8, 4) is 22.9 Å². The molecule has 0 saturated heterocycles. The molecule has 3 aromatic rings. The molecular weight excluding hydrogens is 316 g/mol. The SMILES string of the molecule is COc1ccccc1C1NCc2ccc3c(c2-n2cccc21)OCO3. The molecule has 0 saturated carbocycles. The number of nitrogens with zero attached hydrogens (tertiary/aromatic N) is 1. The first kappa shape index (κ1) is 14.4. The summed E-state index contributed by atoms with van der Waals surface area (Å²) in [5.74, 6) is 2.50. The van der Waals surface area contributed by atoms with E-state index in [9.17, 15) is 0 Å². The molecule has 5 rings (SSSR count). The Bertz CT molecular complexity index is 948. The van der Waals surface area contributed by atoms with Crippen LogP contribution in [0.15, 0.2) is 54.7 Å². The van der Waals surface area contributed by atoms with Gasteiger partial charge in [-0.2, -0.15) is 0 Å². The second kappa shape index (κ2) is 5.57. The summed E-state index contributed by atoms with van der Waals surface area (Å²) in [6.45, 7) is 1.00. The Hall–Kier alpha value is -2.92. The quantitative estimate of drug-likeness (QED) is 0.780. The standard InChI is InChI=1S/C20H18N2O3/c1-23-16-7-3-2-5-14(16)18-15-6-4-10-22(15)19-13(11-21-18)8-9-17-20(19)25-12-24-17/h2-10,18,21H,11-12H2,1H3. The van der Waals surface area contributed by atoms with Crippen LogP contribution in [0.1, 0.15) is 22.9 Å². The van der Waals surface area contributed by atoms with Gasteiger partial charge in [-0.25, -0.2) is 0 Å². The maximum atomic E-state index is 5.77. The molecule has 0 aliphatic carbocycles. The zero-order valence-electron chi connectivity index (χ0n) is 13.9. The molecule has 5 heteroatoms. The molecule has 1 N–H and O–H groups in total. The Morgan fingerprint density at radius 2 is 2.00 bits per heavy atom. The second-order valence-electron chi connectivity index (χ2n) is 6.17. The van der Waals surface area contributed by atoms with Gasteiger partial charge < -0.3 is 24.1 Å². The summed E-state index contributed by atoms with van der Waals surface area (Å²) >= 11 is 0. The summed E-state index contributed by atoms with van der Waals surface area (Å²) in [6.07, 6.45) is 2.07. The number of methoxy groups -OCH3 is 1. The maximum Gasteiger partial charge on any atom is 0.231 e. The molecule has 2 aliphatic rings. The average Bonchev–Trinajstić information content (AvgIpc) is 3.29. The molecule has 0 amide bonds. The van der Waals surface area contributed by atoms with Gasteiger partial charge in [0.1, 0.15) is 5.75 Å². The zero-order valence-corrected chi connectivity index (χ0v) is 13.9.